The molecular formula is C15H32N2O. The topological polar surface area (TPSA) is 38.5 Å². The first-order valence-corrected chi connectivity index (χ1v) is 7.63. The summed E-state index contributed by atoms with van der Waals surface area (Å²) in [6.07, 6.45) is 9.20. The Morgan fingerprint density at radius 3 is 2.50 bits per heavy atom. The number of unbranched alkanes of at least 4 members (excludes halogenated alkanes) is 3. The summed E-state index contributed by atoms with van der Waals surface area (Å²) in [5.41, 5.74) is 6.25. The van der Waals surface area contributed by atoms with Gasteiger partial charge in [-0.3, -0.25) is 4.90 Å². The van der Waals surface area contributed by atoms with Crippen LogP contribution in [-0.2, 0) is 4.74 Å². The van der Waals surface area contributed by atoms with Gasteiger partial charge in [-0.25, -0.2) is 0 Å². The molecule has 0 saturated heterocycles. The van der Waals surface area contributed by atoms with Crippen molar-refractivity contribution in [3.8, 4) is 0 Å². The molecule has 2 N–H and O–H groups in total. The van der Waals surface area contributed by atoms with Crippen molar-refractivity contribution in [1.29, 1.82) is 0 Å². The second-order valence-electron chi connectivity index (χ2n) is 5.93. The molecule has 0 bridgehead atoms. The number of methoxy groups -OCH3 is 1. The van der Waals surface area contributed by atoms with E-state index < -0.39 is 0 Å². The van der Waals surface area contributed by atoms with Crippen LogP contribution in [0.4, 0.5) is 0 Å². The minimum atomic E-state index is 0.174. The molecule has 1 unspecified atom stereocenters. The lowest BCUT2D eigenvalue weighted by Crippen LogP contribution is -2.53. The van der Waals surface area contributed by atoms with Crippen LogP contribution in [0.5, 0.6) is 0 Å². The van der Waals surface area contributed by atoms with Gasteiger partial charge < -0.3 is 10.5 Å². The quantitative estimate of drug-likeness (QED) is 0.578. The molecule has 1 saturated carbocycles. The van der Waals surface area contributed by atoms with Gasteiger partial charge in [0.15, 0.2) is 0 Å². The van der Waals surface area contributed by atoms with E-state index in [4.69, 9.17) is 10.5 Å². The van der Waals surface area contributed by atoms with E-state index >= 15 is 0 Å². The highest BCUT2D eigenvalue weighted by Crippen LogP contribution is 2.34. The number of nitrogens with two attached hydrogens (primary N) is 1. The normalized spacial score (nSPS) is 19.2. The van der Waals surface area contributed by atoms with E-state index in [0.717, 1.165) is 25.7 Å². The van der Waals surface area contributed by atoms with Crippen molar-refractivity contribution < 1.29 is 4.74 Å². The molecule has 0 amide bonds. The van der Waals surface area contributed by atoms with E-state index in [0.29, 0.717) is 0 Å². The van der Waals surface area contributed by atoms with Crippen molar-refractivity contribution >= 4 is 0 Å². The molecule has 3 nitrogen and oxygen atoms in total. The SMILES string of the molecule is CCCCCCC(C)(CN)N(CCOC)C1CC1. The van der Waals surface area contributed by atoms with Gasteiger partial charge in [0.2, 0.25) is 0 Å². The molecule has 0 spiro atoms. The molecule has 1 aliphatic carbocycles. The van der Waals surface area contributed by atoms with Gasteiger partial charge >= 0.3 is 0 Å². The molecule has 0 aromatic rings. The van der Waals surface area contributed by atoms with E-state index in [9.17, 15) is 0 Å². The molecule has 0 aromatic carbocycles. The van der Waals surface area contributed by atoms with Gasteiger partial charge in [-0.15, -0.1) is 0 Å². The Kier molecular flexibility index (Phi) is 7.20. The molecule has 108 valence electrons. The summed E-state index contributed by atoms with van der Waals surface area (Å²) in [5, 5.41) is 0. The fourth-order valence-corrected chi connectivity index (χ4v) is 2.76. The molecule has 1 atom stereocenters. The van der Waals surface area contributed by atoms with Crippen molar-refractivity contribution in [1.82, 2.24) is 4.90 Å². The highest BCUT2D eigenvalue weighted by molar-refractivity contribution is 4.96. The molecule has 1 fully saturated rings. The van der Waals surface area contributed by atoms with E-state index in [-0.39, 0.29) is 5.54 Å². The van der Waals surface area contributed by atoms with Crippen LogP contribution < -0.4 is 5.73 Å². The Labute approximate surface area is 113 Å². The summed E-state index contributed by atoms with van der Waals surface area (Å²) < 4.78 is 5.25. The van der Waals surface area contributed by atoms with Crippen molar-refractivity contribution in [3.05, 3.63) is 0 Å². The number of hydrogen-bond acceptors (Lipinski definition) is 3. The summed E-state index contributed by atoms with van der Waals surface area (Å²) in [4.78, 5) is 2.61. The molecule has 0 radical (unpaired) electrons. The van der Waals surface area contributed by atoms with Gasteiger partial charge in [0, 0.05) is 31.8 Å². The molecule has 3 heteroatoms. The second kappa shape index (κ2) is 8.13. The van der Waals surface area contributed by atoms with E-state index in [2.05, 4.69) is 18.7 Å². The first kappa shape index (κ1) is 15.9. The van der Waals surface area contributed by atoms with Gasteiger partial charge in [0.1, 0.15) is 0 Å². The number of hydrogen-bond donors (Lipinski definition) is 1. The Bertz CT molecular complexity index is 219. The third kappa shape index (κ3) is 4.87. The highest BCUT2D eigenvalue weighted by Gasteiger charge is 2.39. The van der Waals surface area contributed by atoms with Crippen molar-refractivity contribution in [2.75, 3.05) is 26.8 Å². The predicted octanol–water partition coefficient (Wildman–Crippen LogP) is 2.79. The fraction of sp³-hybridized carbons (Fsp3) is 1.00. The van der Waals surface area contributed by atoms with Crippen LogP contribution in [0.1, 0.15) is 58.8 Å². The summed E-state index contributed by atoms with van der Waals surface area (Å²) in [5.74, 6) is 0. The maximum Gasteiger partial charge on any atom is 0.0590 e. The lowest BCUT2D eigenvalue weighted by Gasteiger charge is -2.41. The lowest BCUT2D eigenvalue weighted by atomic mass is 9.91. The van der Waals surface area contributed by atoms with Crippen LogP contribution in [0.3, 0.4) is 0 Å². The zero-order valence-corrected chi connectivity index (χ0v) is 12.6. The summed E-state index contributed by atoms with van der Waals surface area (Å²) in [6, 6.07) is 0.764. The van der Waals surface area contributed by atoms with Gasteiger partial charge in [-0.2, -0.15) is 0 Å². The van der Waals surface area contributed by atoms with Crippen molar-refractivity contribution in [3.63, 3.8) is 0 Å². The maximum absolute atomic E-state index is 6.08. The third-order valence-electron chi connectivity index (χ3n) is 4.23. The molecule has 0 heterocycles. The zero-order valence-electron chi connectivity index (χ0n) is 12.6. The monoisotopic (exact) mass is 256 g/mol. The Hall–Kier alpha value is -0.120. The average molecular weight is 256 g/mol. The Balaban J connectivity index is 2.46. The lowest BCUT2D eigenvalue weighted by molar-refractivity contribution is 0.0562. The van der Waals surface area contributed by atoms with E-state index in [1.165, 1.54) is 44.9 Å². The molecular weight excluding hydrogens is 224 g/mol. The maximum atomic E-state index is 6.08. The number of ether oxygens (including phenoxy) is 1. The number of rotatable bonds is 11. The van der Waals surface area contributed by atoms with Gasteiger partial charge in [0.25, 0.3) is 0 Å². The Morgan fingerprint density at radius 2 is 2.00 bits per heavy atom. The molecule has 0 aliphatic heterocycles. The van der Waals surface area contributed by atoms with Crippen molar-refractivity contribution in [2.24, 2.45) is 5.73 Å². The number of nitrogens with zero attached hydrogens (tertiary/aromatic N) is 1. The predicted molar refractivity (Wildman–Crippen MR) is 77.8 cm³/mol. The minimum absolute atomic E-state index is 0.174. The standard InChI is InChI=1S/C15H32N2O/c1-4-5-6-7-10-15(2,13-16)17(11-12-18-3)14-8-9-14/h14H,4-13,16H2,1-3H3. The first-order chi connectivity index (χ1) is 8.68. The zero-order chi connectivity index (χ0) is 13.4. The first-order valence-electron chi connectivity index (χ1n) is 7.63. The Morgan fingerprint density at radius 1 is 1.28 bits per heavy atom. The van der Waals surface area contributed by atoms with Crippen LogP contribution in [0.2, 0.25) is 0 Å². The highest BCUT2D eigenvalue weighted by atomic mass is 16.5. The summed E-state index contributed by atoms with van der Waals surface area (Å²) >= 11 is 0. The van der Waals surface area contributed by atoms with Crippen molar-refractivity contribution in [2.45, 2.75) is 70.4 Å². The summed E-state index contributed by atoms with van der Waals surface area (Å²) in [6.45, 7) is 7.22. The molecule has 18 heavy (non-hydrogen) atoms. The summed E-state index contributed by atoms with van der Waals surface area (Å²) in [7, 11) is 1.78. The molecule has 1 rings (SSSR count). The minimum Gasteiger partial charge on any atom is -0.383 e. The van der Waals surface area contributed by atoms with Crippen LogP contribution >= 0.6 is 0 Å². The van der Waals surface area contributed by atoms with Crippen LogP contribution in [0.25, 0.3) is 0 Å². The van der Waals surface area contributed by atoms with Crippen LogP contribution in [0, 0.1) is 0 Å². The molecule has 0 aromatic heterocycles. The fourth-order valence-electron chi connectivity index (χ4n) is 2.76. The van der Waals surface area contributed by atoms with Crippen LogP contribution in [-0.4, -0.2) is 43.3 Å². The van der Waals surface area contributed by atoms with Crippen LogP contribution in [0.15, 0.2) is 0 Å². The van der Waals surface area contributed by atoms with Gasteiger partial charge in [-0.05, 0) is 26.2 Å². The third-order valence-corrected chi connectivity index (χ3v) is 4.23. The van der Waals surface area contributed by atoms with E-state index in [1.54, 1.807) is 7.11 Å². The smallest absolute Gasteiger partial charge is 0.0590 e. The molecule has 1 aliphatic rings. The largest absolute Gasteiger partial charge is 0.383 e. The van der Waals surface area contributed by atoms with E-state index in [1.807, 2.05) is 0 Å². The van der Waals surface area contributed by atoms with Gasteiger partial charge in [0.05, 0.1) is 6.61 Å². The van der Waals surface area contributed by atoms with Gasteiger partial charge in [-0.1, -0.05) is 32.6 Å². The second-order valence-corrected chi connectivity index (χ2v) is 5.93. The average Bonchev–Trinajstić information content (AvgIpc) is 3.19.